The minimum atomic E-state index is -0.0704. The van der Waals surface area contributed by atoms with Gasteiger partial charge in [-0.3, -0.25) is 4.79 Å². The van der Waals surface area contributed by atoms with Gasteiger partial charge in [0.1, 0.15) is 0 Å². The van der Waals surface area contributed by atoms with Crippen LogP contribution in [0.25, 0.3) is 0 Å². The summed E-state index contributed by atoms with van der Waals surface area (Å²) in [4.78, 5) is 14.3. The molecule has 1 aliphatic heterocycles. The number of carbonyl (C=O) groups excluding carboxylic acids is 1. The quantitative estimate of drug-likeness (QED) is 0.877. The van der Waals surface area contributed by atoms with E-state index in [0.29, 0.717) is 6.04 Å². The highest BCUT2D eigenvalue weighted by atomic mass is 16.2. The number of anilines is 2. The molecule has 1 amide bonds. The van der Waals surface area contributed by atoms with Crippen LogP contribution in [0.1, 0.15) is 26.2 Å². The number of hydrogen-bond donors (Lipinski definition) is 2. The maximum atomic E-state index is 12.3. The predicted molar refractivity (Wildman–Crippen MR) is 79.6 cm³/mol. The van der Waals surface area contributed by atoms with Crippen molar-refractivity contribution in [1.29, 1.82) is 0 Å². The summed E-state index contributed by atoms with van der Waals surface area (Å²) in [6.07, 6.45) is 3.18. The first-order valence-electron chi connectivity index (χ1n) is 6.91. The Morgan fingerprint density at radius 1 is 1.32 bits per heavy atom. The number of rotatable bonds is 3. The highest BCUT2D eigenvalue weighted by molar-refractivity contribution is 5.97. The van der Waals surface area contributed by atoms with E-state index in [4.69, 9.17) is 0 Å². The van der Waals surface area contributed by atoms with Crippen molar-refractivity contribution in [2.45, 2.75) is 38.3 Å². The Morgan fingerprint density at radius 3 is 2.74 bits per heavy atom. The summed E-state index contributed by atoms with van der Waals surface area (Å²) in [5.41, 5.74) is 1.90. The molecule has 2 atom stereocenters. The molecule has 19 heavy (non-hydrogen) atoms. The highest BCUT2D eigenvalue weighted by Crippen LogP contribution is 2.24. The second kappa shape index (κ2) is 6.06. The smallest absolute Gasteiger partial charge is 0.241 e. The number of carbonyl (C=O) groups is 1. The van der Waals surface area contributed by atoms with Gasteiger partial charge in [0.2, 0.25) is 5.91 Å². The maximum absolute atomic E-state index is 12.3. The van der Waals surface area contributed by atoms with Crippen LogP contribution in [-0.2, 0) is 4.79 Å². The zero-order valence-electron chi connectivity index (χ0n) is 11.9. The summed E-state index contributed by atoms with van der Waals surface area (Å²) in [5.74, 6) is 0.0702. The molecular formula is C15H23N3O. The standard InChI is InChI=1S/C15H23N3O/c1-11-7-6-9-13(16-11)15(19)17-12-8-4-5-10-14(12)18(2)3/h4-5,8,10-11,13,16H,6-7,9H2,1-3H3,(H,17,19). The van der Waals surface area contributed by atoms with Gasteiger partial charge in [0.15, 0.2) is 0 Å². The van der Waals surface area contributed by atoms with Crippen molar-refractivity contribution in [3.8, 4) is 0 Å². The van der Waals surface area contributed by atoms with Gasteiger partial charge >= 0.3 is 0 Å². The molecule has 1 aromatic carbocycles. The fourth-order valence-electron chi connectivity index (χ4n) is 2.53. The van der Waals surface area contributed by atoms with Gasteiger partial charge in [-0.2, -0.15) is 0 Å². The maximum Gasteiger partial charge on any atom is 0.241 e. The highest BCUT2D eigenvalue weighted by Gasteiger charge is 2.24. The van der Waals surface area contributed by atoms with Gasteiger partial charge in [0.25, 0.3) is 0 Å². The largest absolute Gasteiger partial charge is 0.376 e. The van der Waals surface area contributed by atoms with E-state index in [2.05, 4.69) is 17.6 Å². The van der Waals surface area contributed by atoms with Crippen LogP contribution in [0.4, 0.5) is 11.4 Å². The first-order chi connectivity index (χ1) is 9.08. The Hall–Kier alpha value is -1.55. The predicted octanol–water partition coefficient (Wildman–Crippen LogP) is 2.22. The number of para-hydroxylation sites is 2. The average Bonchev–Trinajstić information content (AvgIpc) is 2.39. The van der Waals surface area contributed by atoms with Gasteiger partial charge in [0.05, 0.1) is 17.4 Å². The van der Waals surface area contributed by atoms with Crippen LogP contribution < -0.4 is 15.5 Å². The molecule has 2 rings (SSSR count). The first-order valence-corrected chi connectivity index (χ1v) is 6.91. The fraction of sp³-hybridized carbons (Fsp3) is 0.533. The summed E-state index contributed by atoms with van der Waals surface area (Å²) in [7, 11) is 3.96. The lowest BCUT2D eigenvalue weighted by Crippen LogP contribution is -2.47. The number of hydrogen-bond acceptors (Lipinski definition) is 3. The molecule has 0 saturated carbocycles. The summed E-state index contributed by atoms with van der Waals surface area (Å²) in [6, 6.07) is 8.23. The minimum absolute atomic E-state index is 0.0702. The van der Waals surface area contributed by atoms with E-state index in [1.807, 2.05) is 43.3 Å². The van der Waals surface area contributed by atoms with Crippen molar-refractivity contribution in [3.05, 3.63) is 24.3 Å². The molecule has 0 radical (unpaired) electrons. The molecule has 0 aromatic heterocycles. The summed E-state index contributed by atoms with van der Waals surface area (Å²) in [5, 5.41) is 6.40. The topological polar surface area (TPSA) is 44.4 Å². The number of piperidine rings is 1. The average molecular weight is 261 g/mol. The van der Waals surface area contributed by atoms with Crippen LogP contribution in [0.5, 0.6) is 0 Å². The zero-order valence-corrected chi connectivity index (χ0v) is 11.9. The molecule has 0 aliphatic carbocycles. The Kier molecular flexibility index (Phi) is 4.43. The normalized spacial score (nSPS) is 22.9. The van der Waals surface area contributed by atoms with E-state index < -0.39 is 0 Å². The summed E-state index contributed by atoms with van der Waals surface area (Å²) in [6.45, 7) is 2.13. The molecule has 0 bridgehead atoms. The number of nitrogens with one attached hydrogen (secondary N) is 2. The van der Waals surface area contributed by atoms with E-state index in [-0.39, 0.29) is 11.9 Å². The SMILES string of the molecule is CC1CCCC(C(=O)Nc2ccccc2N(C)C)N1. The first kappa shape index (κ1) is 13.9. The molecule has 4 nitrogen and oxygen atoms in total. The van der Waals surface area contributed by atoms with E-state index in [0.717, 1.165) is 30.6 Å². The van der Waals surface area contributed by atoms with Crippen LogP contribution in [0, 0.1) is 0 Å². The molecule has 4 heteroatoms. The minimum Gasteiger partial charge on any atom is -0.376 e. The molecule has 104 valence electrons. The molecule has 2 N–H and O–H groups in total. The van der Waals surface area contributed by atoms with Crippen molar-refractivity contribution in [1.82, 2.24) is 5.32 Å². The lowest BCUT2D eigenvalue weighted by molar-refractivity contribution is -0.118. The third-order valence-corrected chi connectivity index (χ3v) is 3.58. The monoisotopic (exact) mass is 261 g/mol. The summed E-state index contributed by atoms with van der Waals surface area (Å²) >= 11 is 0. The van der Waals surface area contributed by atoms with Crippen LogP contribution in [0.2, 0.25) is 0 Å². The van der Waals surface area contributed by atoms with Crippen LogP contribution in [0.3, 0.4) is 0 Å². The van der Waals surface area contributed by atoms with Gasteiger partial charge in [-0.15, -0.1) is 0 Å². The third kappa shape index (κ3) is 3.47. The number of nitrogens with zero attached hydrogens (tertiary/aromatic N) is 1. The molecular weight excluding hydrogens is 238 g/mol. The van der Waals surface area contributed by atoms with Gasteiger partial charge < -0.3 is 15.5 Å². The molecule has 1 saturated heterocycles. The molecule has 0 spiro atoms. The molecule has 1 aromatic rings. The van der Waals surface area contributed by atoms with E-state index in [1.165, 1.54) is 0 Å². The lowest BCUT2D eigenvalue weighted by atomic mass is 9.99. The second-order valence-corrected chi connectivity index (χ2v) is 5.45. The number of benzene rings is 1. The zero-order chi connectivity index (χ0) is 13.8. The van der Waals surface area contributed by atoms with Gasteiger partial charge in [0, 0.05) is 20.1 Å². The summed E-state index contributed by atoms with van der Waals surface area (Å²) < 4.78 is 0. The lowest BCUT2D eigenvalue weighted by Gasteiger charge is -2.28. The van der Waals surface area contributed by atoms with Crippen molar-refractivity contribution >= 4 is 17.3 Å². The Labute approximate surface area is 115 Å². The molecule has 1 heterocycles. The van der Waals surface area contributed by atoms with Crippen LogP contribution in [-0.4, -0.2) is 32.1 Å². The van der Waals surface area contributed by atoms with E-state index >= 15 is 0 Å². The van der Waals surface area contributed by atoms with Gasteiger partial charge in [-0.05, 0) is 38.3 Å². The third-order valence-electron chi connectivity index (χ3n) is 3.58. The van der Waals surface area contributed by atoms with Gasteiger partial charge in [-0.1, -0.05) is 12.1 Å². The van der Waals surface area contributed by atoms with Crippen molar-refractivity contribution in [3.63, 3.8) is 0 Å². The Morgan fingerprint density at radius 2 is 2.05 bits per heavy atom. The van der Waals surface area contributed by atoms with Crippen molar-refractivity contribution < 1.29 is 4.79 Å². The molecule has 2 unspecified atom stereocenters. The second-order valence-electron chi connectivity index (χ2n) is 5.45. The van der Waals surface area contributed by atoms with E-state index in [9.17, 15) is 4.79 Å². The number of amides is 1. The van der Waals surface area contributed by atoms with Crippen LogP contribution in [0.15, 0.2) is 24.3 Å². The van der Waals surface area contributed by atoms with Crippen molar-refractivity contribution in [2.75, 3.05) is 24.3 Å². The van der Waals surface area contributed by atoms with E-state index in [1.54, 1.807) is 0 Å². The Balaban J connectivity index is 2.06. The van der Waals surface area contributed by atoms with Gasteiger partial charge in [-0.25, -0.2) is 0 Å². The molecule has 1 fully saturated rings. The van der Waals surface area contributed by atoms with Crippen LogP contribution >= 0.6 is 0 Å². The fourth-order valence-corrected chi connectivity index (χ4v) is 2.53. The molecule has 1 aliphatic rings. The van der Waals surface area contributed by atoms with Crippen molar-refractivity contribution in [2.24, 2.45) is 0 Å². The Bertz CT molecular complexity index is 445.